The third kappa shape index (κ3) is 10.7. The van der Waals surface area contributed by atoms with E-state index in [9.17, 15) is 0 Å². The Morgan fingerprint density at radius 3 is 1.18 bits per heavy atom. The number of rotatable bonds is 9. The van der Waals surface area contributed by atoms with Crippen LogP contribution in [0.4, 0.5) is 0 Å². The molecule has 4 nitrogen and oxygen atoms in total. The third-order valence-electron chi connectivity index (χ3n) is 2.66. The normalized spacial score (nSPS) is 15.3. The first kappa shape index (κ1) is 22.9. The Morgan fingerprint density at radius 2 is 0.864 bits per heavy atom. The zero-order chi connectivity index (χ0) is 18.0. The third-order valence-corrected chi connectivity index (χ3v) is 20.3. The average Bonchev–Trinajstić information content (AvgIpc) is 2.06. The van der Waals surface area contributed by atoms with E-state index in [2.05, 4.69) is 78.9 Å². The lowest BCUT2D eigenvalue weighted by Gasteiger charge is -2.41. The SMILES string of the molecule is [CH2]C[Si](C)(C)O[Si](C)(C)O[Si](C)(C)O[Si](C)(C)O[Si](C)(C)C. The fourth-order valence-electron chi connectivity index (χ4n) is 2.70. The minimum absolute atomic E-state index is 0.856. The lowest BCUT2D eigenvalue weighted by molar-refractivity contribution is 0.299. The number of hydrogen-bond donors (Lipinski definition) is 0. The van der Waals surface area contributed by atoms with Crippen molar-refractivity contribution in [3.05, 3.63) is 6.92 Å². The average molecular weight is 398 g/mol. The lowest BCUT2D eigenvalue weighted by Crippen LogP contribution is -2.58. The fraction of sp³-hybridized carbons (Fsp3) is 0.923. The van der Waals surface area contributed by atoms with Gasteiger partial charge in [-0.2, -0.15) is 0 Å². The summed E-state index contributed by atoms with van der Waals surface area (Å²) in [6, 6.07) is 0.856. The second-order valence-electron chi connectivity index (χ2n) is 8.73. The van der Waals surface area contributed by atoms with Gasteiger partial charge in [-0.05, 0) is 78.1 Å². The van der Waals surface area contributed by atoms with Crippen LogP contribution in [0.1, 0.15) is 0 Å². The zero-order valence-corrected chi connectivity index (χ0v) is 21.5. The van der Waals surface area contributed by atoms with Gasteiger partial charge in [0, 0.05) is 0 Å². The molecule has 0 saturated carbocycles. The maximum absolute atomic E-state index is 6.42. The van der Waals surface area contributed by atoms with E-state index in [1.54, 1.807) is 0 Å². The molecule has 0 bridgehead atoms. The van der Waals surface area contributed by atoms with Gasteiger partial charge < -0.3 is 16.5 Å². The van der Waals surface area contributed by atoms with Crippen molar-refractivity contribution < 1.29 is 16.5 Å². The summed E-state index contributed by atoms with van der Waals surface area (Å²) in [5.41, 5.74) is 0. The van der Waals surface area contributed by atoms with Crippen molar-refractivity contribution in [3.8, 4) is 0 Å². The molecule has 9 heteroatoms. The topological polar surface area (TPSA) is 36.9 Å². The molecule has 0 aliphatic carbocycles. The minimum Gasteiger partial charge on any atom is -0.437 e. The van der Waals surface area contributed by atoms with E-state index >= 15 is 0 Å². The summed E-state index contributed by atoms with van der Waals surface area (Å²) in [7, 11) is -10.0. The smallest absolute Gasteiger partial charge is 0.314 e. The Morgan fingerprint density at radius 1 is 0.545 bits per heavy atom. The van der Waals surface area contributed by atoms with Gasteiger partial charge in [-0.1, -0.05) is 6.92 Å². The van der Waals surface area contributed by atoms with E-state index < -0.39 is 42.3 Å². The first-order valence-corrected chi connectivity index (χ1v) is 23.0. The maximum atomic E-state index is 6.42. The van der Waals surface area contributed by atoms with Crippen molar-refractivity contribution in [1.82, 2.24) is 0 Å². The molecule has 0 heterocycles. The van der Waals surface area contributed by atoms with E-state index in [-0.39, 0.29) is 0 Å². The molecule has 0 aliphatic heterocycles. The Balaban J connectivity index is 4.88. The monoisotopic (exact) mass is 397 g/mol. The summed E-state index contributed by atoms with van der Waals surface area (Å²) in [6.45, 7) is 27.7. The van der Waals surface area contributed by atoms with Gasteiger partial charge in [0.15, 0.2) is 16.6 Å². The summed E-state index contributed by atoms with van der Waals surface area (Å²) >= 11 is 0. The van der Waals surface area contributed by atoms with Crippen LogP contribution in [0.3, 0.4) is 0 Å². The minimum atomic E-state index is -2.29. The van der Waals surface area contributed by atoms with Gasteiger partial charge in [0.25, 0.3) is 0 Å². The van der Waals surface area contributed by atoms with Crippen LogP contribution in [-0.2, 0) is 16.5 Å². The molecule has 0 aliphatic rings. The summed E-state index contributed by atoms with van der Waals surface area (Å²) in [5, 5.41) is 0. The first-order valence-electron chi connectivity index (χ1n) is 7.99. The molecule has 0 aromatic rings. The van der Waals surface area contributed by atoms with Crippen LogP contribution in [0.25, 0.3) is 0 Å². The first-order chi connectivity index (χ1) is 9.39. The van der Waals surface area contributed by atoms with Crippen LogP contribution >= 0.6 is 0 Å². The van der Waals surface area contributed by atoms with E-state index in [1.165, 1.54) is 0 Å². The molecule has 0 aromatic heterocycles. The largest absolute Gasteiger partial charge is 0.437 e. The molecule has 0 atom stereocenters. The molecule has 0 N–H and O–H groups in total. The molecule has 0 spiro atoms. The Kier molecular flexibility index (Phi) is 7.75. The van der Waals surface area contributed by atoms with Crippen molar-refractivity contribution in [3.63, 3.8) is 0 Å². The Hall–Kier alpha value is 0.924. The van der Waals surface area contributed by atoms with Gasteiger partial charge in [-0.15, -0.1) is 0 Å². The van der Waals surface area contributed by atoms with Gasteiger partial charge in [-0.3, -0.25) is 0 Å². The number of hydrogen-bond acceptors (Lipinski definition) is 4. The summed E-state index contributed by atoms with van der Waals surface area (Å²) in [5.74, 6) is 0. The van der Waals surface area contributed by atoms with Crippen molar-refractivity contribution in [1.29, 1.82) is 0 Å². The highest BCUT2D eigenvalue weighted by atomic mass is 28.5. The molecule has 22 heavy (non-hydrogen) atoms. The molecule has 0 fully saturated rings. The summed E-state index contributed by atoms with van der Waals surface area (Å²) < 4.78 is 25.5. The Bertz CT molecular complexity index is 364. The standard InChI is InChI=1S/C13H37O4Si5/c1-13-19(5,6)15-21(9,10)17-22(11,12)16-20(7,8)14-18(2,3)4/h1,13H2,2-12H3. The van der Waals surface area contributed by atoms with Gasteiger partial charge in [0.2, 0.25) is 0 Å². The van der Waals surface area contributed by atoms with Crippen LogP contribution in [0.2, 0.25) is 78.1 Å². The predicted octanol–water partition coefficient (Wildman–Crippen LogP) is 5.03. The molecule has 1 radical (unpaired) electrons. The van der Waals surface area contributed by atoms with Gasteiger partial charge >= 0.3 is 25.7 Å². The summed E-state index contributed by atoms with van der Waals surface area (Å²) in [4.78, 5) is 0. The second-order valence-corrected chi connectivity index (χ2v) is 28.6. The maximum Gasteiger partial charge on any atom is 0.314 e. The van der Waals surface area contributed by atoms with E-state index in [4.69, 9.17) is 16.5 Å². The lowest BCUT2D eigenvalue weighted by atomic mass is 11.0. The molecule has 133 valence electrons. The highest BCUT2D eigenvalue weighted by Gasteiger charge is 2.44. The van der Waals surface area contributed by atoms with Crippen molar-refractivity contribution >= 4 is 42.3 Å². The molecule has 0 aromatic carbocycles. The molecular formula is C13H37O4Si5. The van der Waals surface area contributed by atoms with Crippen molar-refractivity contribution in [2.75, 3.05) is 0 Å². The van der Waals surface area contributed by atoms with E-state index in [1.807, 2.05) is 0 Å². The van der Waals surface area contributed by atoms with Crippen LogP contribution in [0, 0.1) is 6.92 Å². The fourth-order valence-corrected chi connectivity index (χ4v) is 25.4. The van der Waals surface area contributed by atoms with Gasteiger partial charge in [0.05, 0.1) is 0 Å². The molecule has 0 saturated heterocycles. The molecule has 0 rings (SSSR count). The van der Waals surface area contributed by atoms with Gasteiger partial charge in [-0.25, -0.2) is 0 Å². The Labute approximate surface area is 143 Å². The van der Waals surface area contributed by atoms with Crippen LogP contribution in [0.15, 0.2) is 0 Å². The molecule has 0 unspecified atom stereocenters. The van der Waals surface area contributed by atoms with Crippen molar-refractivity contribution in [2.24, 2.45) is 0 Å². The second kappa shape index (κ2) is 7.44. The van der Waals surface area contributed by atoms with E-state index in [0.29, 0.717) is 0 Å². The van der Waals surface area contributed by atoms with Crippen LogP contribution in [-0.4, -0.2) is 42.3 Å². The quantitative estimate of drug-likeness (QED) is 0.511. The zero-order valence-electron chi connectivity index (χ0n) is 16.5. The highest BCUT2D eigenvalue weighted by molar-refractivity contribution is 6.90. The van der Waals surface area contributed by atoms with Gasteiger partial charge in [0.1, 0.15) is 0 Å². The highest BCUT2D eigenvalue weighted by Crippen LogP contribution is 2.26. The molecule has 0 amide bonds. The van der Waals surface area contributed by atoms with E-state index in [0.717, 1.165) is 6.04 Å². The predicted molar refractivity (Wildman–Crippen MR) is 108 cm³/mol. The van der Waals surface area contributed by atoms with Crippen molar-refractivity contribution in [2.45, 2.75) is 78.1 Å². The van der Waals surface area contributed by atoms with Crippen LogP contribution < -0.4 is 0 Å². The van der Waals surface area contributed by atoms with Crippen LogP contribution in [0.5, 0.6) is 0 Å². The summed E-state index contributed by atoms with van der Waals surface area (Å²) in [6.07, 6.45) is 0. The molecular weight excluding hydrogens is 361 g/mol.